The van der Waals surface area contributed by atoms with Crippen molar-refractivity contribution in [3.63, 3.8) is 0 Å². The number of hydrogen-bond acceptors (Lipinski definition) is 2. The topological polar surface area (TPSA) is 25.8 Å². The van der Waals surface area contributed by atoms with Crippen molar-refractivity contribution in [1.29, 1.82) is 0 Å². The van der Waals surface area contributed by atoms with Crippen LogP contribution in [0.4, 0.5) is 0 Å². The summed E-state index contributed by atoms with van der Waals surface area (Å²) < 4.78 is 0. The van der Waals surface area contributed by atoms with Crippen LogP contribution in [0.5, 0.6) is 0 Å². The van der Waals surface area contributed by atoms with Gasteiger partial charge in [0.1, 0.15) is 5.82 Å². The molecule has 0 bridgehead atoms. The molecule has 27 heavy (non-hydrogen) atoms. The molecule has 0 radical (unpaired) electrons. The van der Waals surface area contributed by atoms with Crippen molar-refractivity contribution in [3.8, 4) is 0 Å². The fourth-order valence-electron chi connectivity index (χ4n) is 4.08. The molecule has 0 saturated carbocycles. The highest BCUT2D eigenvalue weighted by Crippen LogP contribution is 2.39. The molecule has 5 aromatic rings. The van der Waals surface area contributed by atoms with Gasteiger partial charge in [0, 0.05) is 22.4 Å². The number of benzene rings is 4. The highest BCUT2D eigenvalue weighted by molar-refractivity contribution is 6.30. The number of aromatic nitrogens is 2. The summed E-state index contributed by atoms with van der Waals surface area (Å²) in [5.74, 6) is 0.809. The molecule has 4 aromatic carbocycles. The maximum Gasteiger partial charge on any atom is 0.125 e. The minimum Gasteiger partial charge on any atom is -0.241 e. The highest BCUT2D eigenvalue weighted by atomic mass is 14.9. The van der Waals surface area contributed by atoms with E-state index < -0.39 is 0 Å². The van der Waals surface area contributed by atoms with E-state index in [4.69, 9.17) is 4.98 Å². The van der Waals surface area contributed by atoms with Gasteiger partial charge >= 0.3 is 0 Å². The quantitative estimate of drug-likeness (QED) is 0.291. The molecule has 0 unspecified atom stereocenters. The summed E-state index contributed by atoms with van der Waals surface area (Å²) in [5.41, 5.74) is 2.49. The van der Waals surface area contributed by atoms with Crippen molar-refractivity contribution in [1.82, 2.24) is 9.97 Å². The number of rotatable bonds is 0. The van der Waals surface area contributed by atoms with Crippen molar-refractivity contribution >= 4 is 43.2 Å². The predicted molar refractivity (Wildman–Crippen MR) is 115 cm³/mol. The fraction of sp³-hybridized carbons (Fsp3) is 0.200. The van der Waals surface area contributed by atoms with E-state index in [9.17, 15) is 0 Å². The first-order valence-electron chi connectivity index (χ1n) is 9.44. The lowest BCUT2D eigenvalue weighted by atomic mass is 9.84. The summed E-state index contributed by atoms with van der Waals surface area (Å²) in [6.07, 6.45) is 1.99. The predicted octanol–water partition coefficient (Wildman–Crippen LogP) is 6.70. The second-order valence-electron chi connectivity index (χ2n) is 8.40. The van der Waals surface area contributed by atoms with E-state index in [0.717, 1.165) is 16.7 Å². The summed E-state index contributed by atoms with van der Waals surface area (Å²) in [6.45, 7) is 8.75. The molecule has 0 spiro atoms. The van der Waals surface area contributed by atoms with Crippen LogP contribution in [0.25, 0.3) is 43.2 Å². The molecule has 2 heteroatoms. The van der Waals surface area contributed by atoms with Gasteiger partial charge in [-0.15, -0.1) is 0 Å². The molecule has 2 nitrogen and oxygen atoms in total. The van der Waals surface area contributed by atoms with Crippen LogP contribution >= 0.6 is 0 Å². The van der Waals surface area contributed by atoms with Crippen LogP contribution in [0.15, 0.2) is 60.8 Å². The van der Waals surface area contributed by atoms with Crippen molar-refractivity contribution in [2.75, 3.05) is 0 Å². The molecule has 0 N–H and O–H groups in total. The van der Waals surface area contributed by atoms with Crippen molar-refractivity contribution < 1.29 is 0 Å². The summed E-state index contributed by atoms with van der Waals surface area (Å²) in [6, 6.07) is 19.9. The third-order valence-electron chi connectivity index (χ3n) is 5.54. The molecule has 0 aliphatic carbocycles. The molecular weight excluding hydrogens is 328 g/mol. The number of fused-ring (bicyclic) bond motifs is 8. The van der Waals surface area contributed by atoms with Crippen LogP contribution in [0.3, 0.4) is 0 Å². The molecule has 1 heterocycles. The summed E-state index contributed by atoms with van der Waals surface area (Å²) >= 11 is 0. The van der Waals surface area contributed by atoms with E-state index in [2.05, 4.69) is 80.4 Å². The third kappa shape index (κ3) is 2.40. The Balaban J connectivity index is 2.11. The normalized spacial score (nSPS) is 12.4. The largest absolute Gasteiger partial charge is 0.241 e. The standard InChI is InChI=1S/C25H22N2/c1-15-26-14-22-23-18-8-6-5-7-16(18)9-11-19(23)21-13-17(25(2,3)4)10-12-20(21)24(22)27-15/h5-14H,1-4H3. The summed E-state index contributed by atoms with van der Waals surface area (Å²) in [7, 11) is 0. The Bertz CT molecular complexity index is 1360. The first-order chi connectivity index (χ1) is 12.9. The Kier molecular flexibility index (Phi) is 3.30. The van der Waals surface area contributed by atoms with Gasteiger partial charge in [-0.05, 0) is 45.5 Å². The monoisotopic (exact) mass is 350 g/mol. The van der Waals surface area contributed by atoms with Gasteiger partial charge in [0.25, 0.3) is 0 Å². The minimum absolute atomic E-state index is 0.105. The van der Waals surface area contributed by atoms with Crippen LogP contribution in [0.2, 0.25) is 0 Å². The molecule has 0 aliphatic heterocycles. The van der Waals surface area contributed by atoms with Crippen molar-refractivity contribution in [2.24, 2.45) is 0 Å². The molecule has 5 rings (SSSR count). The van der Waals surface area contributed by atoms with Crippen molar-refractivity contribution in [2.45, 2.75) is 33.1 Å². The average Bonchev–Trinajstić information content (AvgIpc) is 2.66. The molecule has 0 atom stereocenters. The maximum atomic E-state index is 4.84. The van der Waals surface area contributed by atoms with Gasteiger partial charge in [0.15, 0.2) is 0 Å². The van der Waals surface area contributed by atoms with Crippen LogP contribution in [-0.2, 0) is 5.41 Å². The van der Waals surface area contributed by atoms with Crippen LogP contribution in [0, 0.1) is 6.92 Å². The van der Waals surface area contributed by atoms with Gasteiger partial charge < -0.3 is 0 Å². The first kappa shape index (κ1) is 16.2. The minimum atomic E-state index is 0.105. The van der Waals surface area contributed by atoms with E-state index in [1.807, 2.05) is 13.1 Å². The van der Waals surface area contributed by atoms with Gasteiger partial charge in [-0.25, -0.2) is 9.97 Å². The average molecular weight is 350 g/mol. The van der Waals surface area contributed by atoms with Gasteiger partial charge in [-0.2, -0.15) is 0 Å². The summed E-state index contributed by atoms with van der Waals surface area (Å²) in [4.78, 5) is 9.36. The van der Waals surface area contributed by atoms with Gasteiger partial charge in [-0.1, -0.05) is 69.3 Å². The number of nitrogens with zero attached hydrogens (tertiary/aromatic N) is 2. The Labute approximate surface area is 158 Å². The zero-order valence-corrected chi connectivity index (χ0v) is 16.2. The zero-order valence-electron chi connectivity index (χ0n) is 16.2. The van der Waals surface area contributed by atoms with E-state index >= 15 is 0 Å². The van der Waals surface area contributed by atoms with E-state index in [1.54, 1.807) is 0 Å². The lowest BCUT2D eigenvalue weighted by Crippen LogP contribution is -2.10. The first-order valence-corrected chi connectivity index (χ1v) is 9.44. The molecular formula is C25H22N2. The third-order valence-corrected chi connectivity index (χ3v) is 5.54. The Morgan fingerprint density at radius 2 is 1.52 bits per heavy atom. The van der Waals surface area contributed by atoms with E-state index in [1.165, 1.54) is 37.9 Å². The lowest BCUT2D eigenvalue weighted by molar-refractivity contribution is 0.591. The van der Waals surface area contributed by atoms with Crippen LogP contribution in [-0.4, -0.2) is 9.97 Å². The fourth-order valence-corrected chi connectivity index (χ4v) is 4.08. The lowest BCUT2D eigenvalue weighted by Gasteiger charge is -2.20. The second-order valence-corrected chi connectivity index (χ2v) is 8.40. The molecule has 132 valence electrons. The van der Waals surface area contributed by atoms with Crippen LogP contribution < -0.4 is 0 Å². The molecule has 0 aliphatic rings. The molecule has 0 saturated heterocycles. The Hall–Kier alpha value is -3.00. The van der Waals surface area contributed by atoms with Gasteiger partial charge in [0.2, 0.25) is 0 Å². The van der Waals surface area contributed by atoms with Crippen molar-refractivity contribution in [3.05, 3.63) is 72.2 Å². The second kappa shape index (κ2) is 5.50. The number of aryl methyl sites for hydroxylation is 1. The molecule has 0 amide bonds. The Morgan fingerprint density at radius 3 is 2.33 bits per heavy atom. The smallest absolute Gasteiger partial charge is 0.125 e. The van der Waals surface area contributed by atoms with Crippen LogP contribution in [0.1, 0.15) is 32.2 Å². The van der Waals surface area contributed by atoms with Gasteiger partial charge in [0.05, 0.1) is 5.52 Å². The van der Waals surface area contributed by atoms with E-state index in [0.29, 0.717) is 0 Å². The number of hydrogen-bond donors (Lipinski definition) is 0. The maximum absolute atomic E-state index is 4.84. The Morgan fingerprint density at radius 1 is 0.741 bits per heavy atom. The highest BCUT2D eigenvalue weighted by Gasteiger charge is 2.17. The van der Waals surface area contributed by atoms with E-state index in [-0.39, 0.29) is 5.41 Å². The molecule has 1 aromatic heterocycles. The molecule has 0 fully saturated rings. The summed E-state index contributed by atoms with van der Waals surface area (Å²) in [5, 5.41) is 8.63. The zero-order chi connectivity index (χ0) is 18.8. The van der Waals surface area contributed by atoms with Gasteiger partial charge in [-0.3, -0.25) is 0 Å². The SMILES string of the molecule is Cc1ncc2c(n1)c1ccc(C(C)(C)C)cc1c1ccc3ccccc3c12.